The van der Waals surface area contributed by atoms with Gasteiger partial charge in [-0.25, -0.2) is 14.6 Å². The van der Waals surface area contributed by atoms with Gasteiger partial charge in [0, 0.05) is 69.4 Å². The lowest BCUT2D eigenvalue weighted by Gasteiger charge is -2.27. The summed E-state index contributed by atoms with van der Waals surface area (Å²) in [5.74, 6) is -1.49. The van der Waals surface area contributed by atoms with Crippen LogP contribution in [0.15, 0.2) is 47.5 Å². The van der Waals surface area contributed by atoms with Gasteiger partial charge < -0.3 is 49.6 Å². The number of nitrogens with one attached hydrogen (secondary N) is 1. The highest BCUT2D eigenvalue weighted by Gasteiger charge is 2.27. The van der Waals surface area contributed by atoms with Crippen LogP contribution < -0.4 is 26.4 Å². The first-order valence-corrected chi connectivity index (χ1v) is 19.5. The molecule has 322 valence electrons. The lowest BCUT2D eigenvalue weighted by molar-refractivity contribution is -0.141. The number of amides is 3. The van der Waals surface area contributed by atoms with Crippen molar-refractivity contribution in [1.29, 1.82) is 0 Å². The zero-order valence-electron chi connectivity index (χ0n) is 35.4. The summed E-state index contributed by atoms with van der Waals surface area (Å²) in [5, 5.41) is 2.93. The number of benzene rings is 2. The highest BCUT2D eigenvalue weighted by molar-refractivity contribution is 6.01. The van der Waals surface area contributed by atoms with Gasteiger partial charge in [0.2, 0.25) is 0 Å². The van der Waals surface area contributed by atoms with E-state index < -0.39 is 29.0 Å². The van der Waals surface area contributed by atoms with E-state index in [0.29, 0.717) is 61.4 Å². The normalized spacial score (nSPS) is 14.9. The third kappa shape index (κ3) is 13.5. The van der Waals surface area contributed by atoms with Crippen LogP contribution in [0.2, 0.25) is 0 Å². The minimum Gasteiger partial charge on any atom is -0.468 e. The van der Waals surface area contributed by atoms with Crippen molar-refractivity contribution in [2.45, 2.75) is 72.1 Å². The molecular formula is C41H58N8O10. The molecule has 2 saturated heterocycles. The summed E-state index contributed by atoms with van der Waals surface area (Å²) in [6.45, 7) is 15.7. The number of nitrogens with two attached hydrogens (primary N) is 1. The van der Waals surface area contributed by atoms with Crippen LogP contribution in [0.1, 0.15) is 64.7 Å². The number of fused-ring (bicyclic) bond motifs is 1. The van der Waals surface area contributed by atoms with E-state index in [4.69, 9.17) is 15.2 Å². The number of esters is 2. The number of anilines is 3. The second-order valence-electron chi connectivity index (χ2n) is 16.1. The molecule has 2 aliphatic heterocycles. The smallest absolute Gasteiger partial charge is 0.410 e. The number of nitrogen functional groups attached to an aromatic ring is 1. The van der Waals surface area contributed by atoms with Gasteiger partial charge >= 0.3 is 24.1 Å². The van der Waals surface area contributed by atoms with Crippen LogP contribution in [0.3, 0.4) is 0 Å². The van der Waals surface area contributed by atoms with Crippen molar-refractivity contribution in [2.75, 3.05) is 88.7 Å². The molecule has 0 spiro atoms. The molecule has 0 aliphatic carbocycles. The Hall–Kier alpha value is -6.07. The number of methoxy groups -OCH3 is 2. The fourth-order valence-corrected chi connectivity index (χ4v) is 6.29. The van der Waals surface area contributed by atoms with Crippen LogP contribution in [-0.2, 0) is 35.1 Å². The van der Waals surface area contributed by atoms with Gasteiger partial charge in [0.25, 0.3) is 11.5 Å². The first-order valence-electron chi connectivity index (χ1n) is 19.5. The summed E-state index contributed by atoms with van der Waals surface area (Å²) in [5.41, 5.74) is 7.47. The second-order valence-corrected chi connectivity index (χ2v) is 16.1. The highest BCUT2D eigenvalue weighted by Crippen LogP contribution is 2.24. The van der Waals surface area contributed by atoms with Gasteiger partial charge in [-0.2, -0.15) is 0 Å². The Balaban J connectivity index is 0.000000261. The average Bonchev–Trinajstić information content (AvgIpc) is 3.59. The number of aromatic nitrogens is 2. The summed E-state index contributed by atoms with van der Waals surface area (Å²) in [6.07, 6.45) is 2.29. The highest BCUT2D eigenvalue weighted by atomic mass is 16.6. The molecule has 18 heteroatoms. The third-order valence-electron chi connectivity index (χ3n) is 9.26. The fraction of sp³-hybridized carbons (Fsp3) is 0.537. The summed E-state index contributed by atoms with van der Waals surface area (Å²) in [4.78, 5) is 84.6. The Morgan fingerprint density at radius 3 is 1.76 bits per heavy atom. The quantitative estimate of drug-likeness (QED) is 0.198. The largest absolute Gasteiger partial charge is 0.468 e. The molecule has 18 nitrogen and oxygen atoms in total. The van der Waals surface area contributed by atoms with Crippen LogP contribution in [0.25, 0.3) is 10.9 Å². The molecule has 0 unspecified atom stereocenters. The van der Waals surface area contributed by atoms with Crippen LogP contribution in [0.4, 0.5) is 26.7 Å². The molecule has 3 aromatic rings. The van der Waals surface area contributed by atoms with Gasteiger partial charge in [-0.15, -0.1) is 0 Å². The number of nitrogens with zero attached hydrogens (tertiary/aromatic N) is 6. The maximum Gasteiger partial charge on any atom is 0.410 e. The monoisotopic (exact) mass is 822 g/mol. The number of ether oxygens (including phenoxy) is 4. The summed E-state index contributed by atoms with van der Waals surface area (Å²) in [7, 11) is 2.53. The van der Waals surface area contributed by atoms with Crippen molar-refractivity contribution >= 4 is 58.0 Å². The molecular weight excluding hydrogens is 764 g/mol. The SMILES string of the molecule is COC(=O)CNC(=O)c1cc(N2CCCN(C(=O)OC(C)(C)C)CC2)ccc1N.COC(=O)Cn1cnc2ccc(N3CCCN(C(=O)OC(C)(C)C)CC3)cc2c1=O. The second kappa shape index (κ2) is 20.1. The van der Waals surface area contributed by atoms with E-state index in [2.05, 4.69) is 29.6 Å². The Kier molecular flexibility index (Phi) is 15.5. The zero-order chi connectivity index (χ0) is 43.5. The predicted octanol–water partition coefficient (Wildman–Crippen LogP) is 3.64. The number of rotatable bonds is 7. The zero-order valence-corrected chi connectivity index (χ0v) is 35.4. The number of hydrogen-bond acceptors (Lipinski definition) is 14. The Bertz CT molecular complexity index is 2040. The van der Waals surface area contributed by atoms with E-state index in [1.807, 2.05) is 53.7 Å². The summed E-state index contributed by atoms with van der Waals surface area (Å²) < 4.78 is 21.3. The molecule has 0 atom stereocenters. The van der Waals surface area contributed by atoms with Gasteiger partial charge in [-0.3, -0.25) is 23.7 Å². The van der Waals surface area contributed by atoms with Crippen LogP contribution >= 0.6 is 0 Å². The molecule has 1 aromatic heterocycles. The lowest BCUT2D eigenvalue weighted by atomic mass is 10.1. The third-order valence-corrected chi connectivity index (χ3v) is 9.26. The summed E-state index contributed by atoms with van der Waals surface area (Å²) >= 11 is 0. The molecule has 0 radical (unpaired) electrons. The number of carbonyl (C=O) groups is 5. The molecule has 2 aromatic carbocycles. The van der Waals surface area contributed by atoms with E-state index >= 15 is 0 Å². The topological polar surface area (TPSA) is 208 Å². The van der Waals surface area contributed by atoms with Crippen molar-refractivity contribution in [3.05, 3.63) is 58.6 Å². The van der Waals surface area contributed by atoms with Crippen LogP contribution in [-0.4, -0.2) is 134 Å². The van der Waals surface area contributed by atoms with E-state index in [-0.39, 0.29) is 30.8 Å². The average molecular weight is 823 g/mol. The molecule has 0 saturated carbocycles. The first kappa shape index (κ1) is 45.6. The van der Waals surface area contributed by atoms with Crippen LogP contribution in [0.5, 0.6) is 0 Å². The number of hydrogen-bond donors (Lipinski definition) is 2. The van der Waals surface area contributed by atoms with E-state index in [9.17, 15) is 28.8 Å². The van der Waals surface area contributed by atoms with Gasteiger partial charge in [0.05, 0.1) is 37.0 Å². The van der Waals surface area contributed by atoms with Crippen LogP contribution in [0, 0.1) is 0 Å². The number of carbonyl (C=O) groups excluding carboxylic acids is 5. The molecule has 2 fully saturated rings. The standard InChI is InChI=1S/C21H28N4O5.C20H30N4O5/c1-21(2,3)30-20(28)24-9-5-8-23(10-11-24)15-6-7-17-16(12-15)19(27)25(14-22-17)13-18(26)29-4;1-20(2,3)29-19(27)24-9-5-8-23(10-11-24)14-6-7-16(21)15(12-14)18(26)22-13-17(25)28-4/h6-7,12,14H,5,8-11,13H2,1-4H3;6-7,12H,5,8-11,13,21H2,1-4H3,(H,22,26). The van der Waals surface area contributed by atoms with Crippen molar-refractivity contribution in [3.8, 4) is 0 Å². The van der Waals surface area contributed by atoms with E-state index in [1.165, 1.54) is 25.1 Å². The van der Waals surface area contributed by atoms with Gasteiger partial charge in [-0.05, 0) is 90.8 Å². The van der Waals surface area contributed by atoms with Gasteiger partial charge in [-0.1, -0.05) is 0 Å². The molecule has 5 rings (SSSR count). The van der Waals surface area contributed by atoms with Crippen molar-refractivity contribution in [3.63, 3.8) is 0 Å². The molecule has 0 bridgehead atoms. The van der Waals surface area contributed by atoms with Gasteiger partial charge in [0.15, 0.2) is 0 Å². The minimum absolute atomic E-state index is 0.183. The van der Waals surface area contributed by atoms with Crippen molar-refractivity contribution in [1.82, 2.24) is 24.7 Å². The predicted molar refractivity (Wildman–Crippen MR) is 222 cm³/mol. The molecule has 2 aliphatic rings. The molecule has 59 heavy (non-hydrogen) atoms. The summed E-state index contributed by atoms with van der Waals surface area (Å²) in [6, 6.07) is 10.7. The van der Waals surface area contributed by atoms with Gasteiger partial charge in [0.1, 0.15) is 24.3 Å². The Labute approximate surface area is 344 Å². The minimum atomic E-state index is -0.539. The van der Waals surface area contributed by atoms with Crippen molar-refractivity contribution < 1.29 is 42.9 Å². The molecule has 3 heterocycles. The van der Waals surface area contributed by atoms with Crippen molar-refractivity contribution in [2.24, 2.45) is 0 Å². The fourth-order valence-electron chi connectivity index (χ4n) is 6.29. The molecule has 3 N–H and O–H groups in total. The maximum absolute atomic E-state index is 12.8. The Morgan fingerprint density at radius 1 is 0.712 bits per heavy atom. The maximum atomic E-state index is 12.8. The van der Waals surface area contributed by atoms with E-state index in [1.54, 1.807) is 34.1 Å². The lowest BCUT2D eigenvalue weighted by Crippen LogP contribution is -2.39. The molecule has 3 amide bonds. The Morgan fingerprint density at radius 2 is 1.24 bits per heavy atom. The van der Waals surface area contributed by atoms with E-state index in [0.717, 1.165) is 37.3 Å². The first-order chi connectivity index (χ1) is 27.8.